The van der Waals surface area contributed by atoms with Crippen LogP contribution in [-0.4, -0.2) is 34.7 Å². The first-order chi connectivity index (χ1) is 9.81. The molecule has 21 heavy (non-hydrogen) atoms. The van der Waals surface area contributed by atoms with Gasteiger partial charge in [-0.15, -0.1) is 0 Å². The minimum Gasteiger partial charge on any atom is -0.371 e. The van der Waals surface area contributed by atoms with Crippen molar-refractivity contribution < 1.29 is 14.5 Å². The highest BCUT2D eigenvalue weighted by molar-refractivity contribution is 6.39. The van der Waals surface area contributed by atoms with Crippen LogP contribution < -0.4 is 5.32 Å². The number of benzene rings is 1. The Labute approximate surface area is 130 Å². The van der Waals surface area contributed by atoms with Crippen molar-refractivity contribution >= 4 is 46.4 Å². The highest BCUT2D eigenvalue weighted by atomic mass is 35.5. The summed E-state index contributed by atoms with van der Waals surface area (Å²) < 4.78 is 0. The second-order valence-corrected chi connectivity index (χ2v) is 5.38. The Morgan fingerprint density at radius 1 is 1.33 bits per heavy atom. The van der Waals surface area contributed by atoms with E-state index in [4.69, 9.17) is 23.2 Å². The molecule has 1 aromatic rings. The first-order valence-electron chi connectivity index (χ1n) is 6.01. The molecule has 1 aliphatic rings. The number of piperidine rings is 1. The zero-order valence-corrected chi connectivity index (χ0v) is 12.4. The third-order valence-electron chi connectivity index (χ3n) is 3.21. The summed E-state index contributed by atoms with van der Waals surface area (Å²) in [5, 5.41) is 13.6. The van der Waals surface area contributed by atoms with Crippen LogP contribution in [0.5, 0.6) is 0 Å². The number of amides is 2. The number of non-ortho nitro benzene ring substituents is 1. The molecule has 1 aromatic carbocycles. The van der Waals surface area contributed by atoms with Crippen LogP contribution in [0.1, 0.15) is 12.8 Å². The average molecular weight is 332 g/mol. The fourth-order valence-electron chi connectivity index (χ4n) is 2.03. The number of imide groups is 1. The molecule has 9 heteroatoms. The molecule has 0 radical (unpaired) electrons. The second kappa shape index (κ2) is 5.87. The van der Waals surface area contributed by atoms with Crippen LogP contribution in [0.15, 0.2) is 12.1 Å². The number of nitrogens with zero attached hydrogens (tertiary/aromatic N) is 2. The van der Waals surface area contributed by atoms with Gasteiger partial charge in [0.05, 0.1) is 20.7 Å². The van der Waals surface area contributed by atoms with Gasteiger partial charge < -0.3 is 5.32 Å². The lowest BCUT2D eigenvalue weighted by molar-refractivity contribution is -0.384. The van der Waals surface area contributed by atoms with E-state index in [1.54, 1.807) is 0 Å². The van der Waals surface area contributed by atoms with Crippen molar-refractivity contribution in [3.05, 3.63) is 32.3 Å². The van der Waals surface area contributed by atoms with Gasteiger partial charge in [0.15, 0.2) is 0 Å². The Bertz CT molecular complexity index is 612. The van der Waals surface area contributed by atoms with Gasteiger partial charge in [-0.1, -0.05) is 23.2 Å². The van der Waals surface area contributed by atoms with Crippen LogP contribution in [-0.2, 0) is 9.59 Å². The first kappa shape index (κ1) is 15.5. The summed E-state index contributed by atoms with van der Waals surface area (Å²) in [6.45, 7) is 0. The minimum absolute atomic E-state index is 0.0431. The zero-order valence-electron chi connectivity index (χ0n) is 10.9. The maximum Gasteiger partial charge on any atom is 0.272 e. The van der Waals surface area contributed by atoms with Crippen molar-refractivity contribution in [1.29, 1.82) is 0 Å². The lowest BCUT2D eigenvalue weighted by atomic mass is 10.0. The SMILES string of the molecule is CN1C(=O)CCC(Nc2c(Cl)cc([N+](=O)[O-])cc2Cl)C1=O. The van der Waals surface area contributed by atoms with E-state index >= 15 is 0 Å². The van der Waals surface area contributed by atoms with Gasteiger partial charge in [-0.25, -0.2) is 0 Å². The number of nitro groups is 1. The molecule has 1 heterocycles. The number of hydrogen-bond donors (Lipinski definition) is 1. The quantitative estimate of drug-likeness (QED) is 0.521. The van der Waals surface area contributed by atoms with E-state index in [2.05, 4.69) is 5.32 Å². The van der Waals surface area contributed by atoms with Crippen molar-refractivity contribution in [1.82, 2.24) is 4.90 Å². The number of likely N-dealkylation sites (tertiary alicyclic amines) is 1. The highest BCUT2D eigenvalue weighted by Crippen LogP contribution is 2.35. The lowest BCUT2D eigenvalue weighted by Gasteiger charge is -2.29. The number of anilines is 1. The monoisotopic (exact) mass is 331 g/mol. The van der Waals surface area contributed by atoms with E-state index in [1.165, 1.54) is 7.05 Å². The van der Waals surface area contributed by atoms with Gasteiger partial charge in [0.2, 0.25) is 5.91 Å². The van der Waals surface area contributed by atoms with Gasteiger partial charge in [-0.3, -0.25) is 24.6 Å². The van der Waals surface area contributed by atoms with E-state index in [9.17, 15) is 19.7 Å². The van der Waals surface area contributed by atoms with Gasteiger partial charge in [0.25, 0.3) is 11.6 Å². The number of nitro benzene ring substituents is 1. The fourth-order valence-corrected chi connectivity index (χ4v) is 2.61. The zero-order chi connectivity index (χ0) is 15.7. The highest BCUT2D eigenvalue weighted by Gasteiger charge is 2.32. The van der Waals surface area contributed by atoms with Gasteiger partial charge >= 0.3 is 0 Å². The van der Waals surface area contributed by atoms with Crippen molar-refractivity contribution in [2.24, 2.45) is 0 Å². The Morgan fingerprint density at radius 3 is 2.43 bits per heavy atom. The molecular weight excluding hydrogens is 321 g/mol. The molecule has 0 spiro atoms. The van der Waals surface area contributed by atoms with E-state index in [1.807, 2.05) is 0 Å². The summed E-state index contributed by atoms with van der Waals surface area (Å²) in [6.07, 6.45) is 0.535. The third-order valence-corrected chi connectivity index (χ3v) is 3.80. The molecule has 0 aliphatic carbocycles. The molecule has 0 saturated carbocycles. The van der Waals surface area contributed by atoms with Gasteiger partial charge in [0.1, 0.15) is 6.04 Å². The standard InChI is InChI=1S/C12H11Cl2N3O4/c1-16-10(18)3-2-9(12(16)19)15-11-7(13)4-6(17(20)21)5-8(11)14/h4-5,9,15H,2-3H2,1H3. The van der Waals surface area contributed by atoms with E-state index in [0.29, 0.717) is 6.42 Å². The normalized spacial score (nSPS) is 18.8. The molecule has 1 unspecified atom stereocenters. The molecule has 1 N–H and O–H groups in total. The van der Waals surface area contributed by atoms with E-state index < -0.39 is 16.9 Å². The number of halogens is 2. The summed E-state index contributed by atoms with van der Waals surface area (Å²) in [6, 6.07) is 1.65. The summed E-state index contributed by atoms with van der Waals surface area (Å²) in [7, 11) is 1.40. The summed E-state index contributed by atoms with van der Waals surface area (Å²) in [5.74, 6) is -0.643. The molecule has 112 valence electrons. The Kier molecular flexibility index (Phi) is 4.34. The van der Waals surface area contributed by atoms with Crippen LogP contribution in [0.3, 0.4) is 0 Å². The largest absolute Gasteiger partial charge is 0.371 e. The summed E-state index contributed by atoms with van der Waals surface area (Å²) >= 11 is 11.9. The number of carbonyl (C=O) groups excluding carboxylic acids is 2. The van der Waals surface area contributed by atoms with Gasteiger partial charge in [0, 0.05) is 25.6 Å². The maximum absolute atomic E-state index is 12.0. The molecule has 1 saturated heterocycles. The topological polar surface area (TPSA) is 92.6 Å². The van der Waals surface area contributed by atoms with Gasteiger partial charge in [-0.2, -0.15) is 0 Å². The van der Waals surface area contributed by atoms with Gasteiger partial charge in [-0.05, 0) is 6.42 Å². The minimum atomic E-state index is -0.649. The Morgan fingerprint density at radius 2 is 1.90 bits per heavy atom. The lowest BCUT2D eigenvalue weighted by Crippen LogP contribution is -2.48. The molecule has 0 bridgehead atoms. The molecule has 7 nitrogen and oxygen atoms in total. The second-order valence-electron chi connectivity index (χ2n) is 4.57. The first-order valence-corrected chi connectivity index (χ1v) is 6.77. The molecule has 2 amide bonds. The molecule has 2 rings (SSSR count). The molecule has 0 aromatic heterocycles. The van der Waals surface area contributed by atoms with Crippen molar-refractivity contribution in [2.75, 3.05) is 12.4 Å². The number of hydrogen-bond acceptors (Lipinski definition) is 5. The smallest absolute Gasteiger partial charge is 0.272 e. The van der Waals surface area contributed by atoms with Crippen molar-refractivity contribution in [2.45, 2.75) is 18.9 Å². The van der Waals surface area contributed by atoms with Crippen LogP contribution in [0.25, 0.3) is 0 Å². The van der Waals surface area contributed by atoms with Crippen LogP contribution >= 0.6 is 23.2 Å². The van der Waals surface area contributed by atoms with E-state index in [0.717, 1.165) is 17.0 Å². The van der Waals surface area contributed by atoms with Crippen molar-refractivity contribution in [3.63, 3.8) is 0 Å². The number of nitrogens with one attached hydrogen (secondary N) is 1. The molecule has 1 fully saturated rings. The molecule has 1 aliphatic heterocycles. The number of likely N-dealkylation sites (N-methyl/N-ethyl adjacent to an activating group) is 1. The predicted octanol–water partition coefficient (Wildman–Crippen LogP) is 2.46. The van der Waals surface area contributed by atoms with Crippen LogP contribution in [0, 0.1) is 10.1 Å². The average Bonchev–Trinajstić information content (AvgIpc) is 2.42. The summed E-state index contributed by atoms with van der Waals surface area (Å²) in [5.41, 5.74) is 0.00264. The Hall–Kier alpha value is -1.86. The third kappa shape index (κ3) is 3.08. The summed E-state index contributed by atoms with van der Waals surface area (Å²) in [4.78, 5) is 34.5. The van der Waals surface area contributed by atoms with Crippen LogP contribution in [0.2, 0.25) is 10.0 Å². The Balaban J connectivity index is 2.26. The van der Waals surface area contributed by atoms with Crippen molar-refractivity contribution in [3.8, 4) is 0 Å². The maximum atomic E-state index is 12.0. The van der Waals surface area contributed by atoms with E-state index in [-0.39, 0.29) is 33.7 Å². The van der Waals surface area contributed by atoms with Crippen LogP contribution in [0.4, 0.5) is 11.4 Å². The number of carbonyl (C=O) groups is 2. The molecule has 1 atom stereocenters. The fraction of sp³-hybridized carbons (Fsp3) is 0.333. The predicted molar refractivity (Wildman–Crippen MR) is 77.5 cm³/mol. The molecular formula is C12H11Cl2N3O4. The number of rotatable bonds is 3.